The average molecular weight is 421 g/mol. The molecule has 4 aromatic rings. The SMILES string of the molecule is O=C(O)C1CC(Oc2ccc(-c3ccc(-c4nc5ccc(Cl)cc5[nH]4)cn3)cn2)C1. The number of benzene rings is 1. The van der Waals surface area contributed by atoms with Crippen molar-refractivity contribution in [1.29, 1.82) is 0 Å². The van der Waals surface area contributed by atoms with Crippen molar-refractivity contribution in [2.45, 2.75) is 18.9 Å². The monoisotopic (exact) mass is 420 g/mol. The van der Waals surface area contributed by atoms with Gasteiger partial charge in [0.05, 0.1) is 22.6 Å². The van der Waals surface area contributed by atoms with Crippen LogP contribution >= 0.6 is 11.6 Å². The van der Waals surface area contributed by atoms with Crippen LogP contribution in [0.5, 0.6) is 5.88 Å². The summed E-state index contributed by atoms with van der Waals surface area (Å²) in [7, 11) is 0. The number of ether oxygens (including phenoxy) is 1. The minimum atomic E-state index is -0.765. The Hall–Kier alpha value is -3.45. The molecule has 0 bridgehead atoms. The van der Waals surface area contributed by atoms with Gasteiger partial charge in [0.25, 0.3) is 0 Å². The summed E-state index contributed by atoms with van der Waals surface area (Å²) < 4.78 is 5.72. The number of hydrogen-bond acceptors (Lipinski definition) is 5. The van der Waals surface area contributed by atoms with E-state index in [1.807, 2.05) is 36.4 Å². The highest BCUT2D eigenvalue weighted by Crippen LogP contribution is 2.31. The van der Waals surface area contributed by atoms with Gasteiger partial charge in [-0.1, -0.05) is 11.6 Å². The fourth-order valence-electron chi connectivity index (χ4n) is 3.46. The Bertz CT molecular complexity index is 1220. The molecule has 1 aliphatic rings. The minimum absolute atomic E-state index is 0.0828. The Kier molecular flexibility index (Phi) is 4.59. The first-order valence-electron chi connectivity index (χ1n) is 9.53. The largest absolute Gasteiger partial charge is 0.481 e. The topological polar surface area (TPSA) is 101 Å². The summed E-state index contributed by atoms with van der Waals surface area (Å²) in [6.45, 7) is 0. The highest BCUT2D eigenvalue weighted by atomic mass is 35.5. The summed E-state index contributed by atoms with van der Waals surface area (Å²) in [6.07, 6.45) is 4.43. The number of aromatic amines is 1. The molecular formula is C22H17ClN4O3. The zero-order valence-corrected chi connectivity index (χ0v) is 16.5. The predicted molar refractivity (Wildman–Crippen MR) is 112 cm³/mol. The number of hydrogen-bond donors (Lipinski definition) is 2. The Balaban J connectivity index is 1.28. The van der Waals surface area contributed by atoms with Gasteiger partial charge in [-0.05, 0) is 49.2 Å². The number of carboxylic acid groups (broad SMARTS) is 1. The van der Waals surface area contributed by atoms with Crippen LogP contribution in [0.25, 0.3) is 33.7 Å². The Morgan fingerprint density at radius 1 is 1.07 bits per heavy atom. The van der Waals surface area contributed by atoms with Crippen molar-refractivity contribution in [2.75, 3.05) is 0 Å². The molecule has 0 unspecified atom stereocenters. The van der Waals surface area contributed by atoms with E-state index in [-0.39, 0.29) is 12.0 Å². The normalized spacial score (nSPS) is 18.2. The molecule has 1 aromatic carbocycles. The molecule has 0 spiro atoms. The molecule has 30 heavy (non-hydrogen) atoms. The van der Waals surface area contributed by atoms with E-state index in [0.717, 1.165) is 33.7 Å². The van der Waals surface area contributed by atoms with E-state index < -0.39 is 5.97 Å². The van der Waals surface area contributed by atoms with Gasteiger partial charge < -0.3 is 14.8 Å². The van der Waals surface area contributed by atoms with E-state index in [2.05, 4.69) is 19.9 Å². The smallest absolute Gasteiger partial charge is 0.306 e. The summed E-state index contributed by atoms with van der Waals surface area (Å²) >= 11 is 6.03. The number of H-pyrrole nitrogens is 1. The van der Waals surface area contributed by atoms with Crippen molar-refractivity contribution in [3.8, 4) is 28.5 Å². The maximum Gasteiger partial charge on any atom is 0.306 e. The molecule has 8 heteroatoms. The lowest BCUT2D eigenvalue weighted by Crippen LogP contribution is -2.38. The van der Waals surface area contributed by atoms with Gasteiger partial charge in [-0.15, -0.1) is 0 Å². The quantitative estimate of drug-likeness (QED) is 0.490. The molecule has 1 fully saturated rings. The van der Waals surface area contributed by atoms with Gasteiger partial charge in [-0.2, -0.15) is 0 Å². The first-order valence-corrected chi connectivity index (χ1v) is 9.90. The van der Waals surface area contributed by atoms with Crippen molar-refractivity contribution in [1.82, 2.24) is 19.9 Å². The summed E-state index contributed by atoms with van der Waals surface area (Å²) in [5.41, 5.74) is 4.24. The van der Waals surface area contributed by atoms with Gasteiger partial charge in [0.15, 0.2) is 0 Å². The third-order valence-electron chi connectivity index (χ3n) is 5.24. The van der Waals surface area contributed by atoms with Crippen LogP contribution in [0.15, 0.2) is 54.9 Å². The maximum atomic E-state index is 10.9. The molecule has 150 valence electrons. The predicted octanol–water partition coefficient (Wildman–Crippen LogP) is 4.58. The Morgan fingerprint density at radius 2 is 1.87 bits per heavy atom. The van der Waals surface area contributed by atoms with Gasteiger partial charge >= 0.3 is 5.97 Å². The lowest BCUT2D eigenvalue weighted by molar-refractivity contribution is -0.148. The molecule has 3 aromatic heterocycles. The zero-order valence-electron chi connectivity index (χ0n) is 15.7. The minimum Gasteiger partial charge on any atom is -0.481 e. The molecule has 0 aliphatic heterocycles. The van der Waals surface area contributed by atoms with Gasteiger partial charge in [0.1, 0.15) is 11.9 Å². The van der Waals surface area contributed by atoms with E-state index in [4.69, 9.17) is 21.4 Å². The molecule has 0 saturated heterocycles. The van der Waals surface area contributed by atoms with Crippen LogP contribution in [0, 0.1) is 5.92 Å². The number of aliphatic carboxylic acids is 1. The number of aromatic nitrogens is 4. The maximum absolute atomic E-state index is 10.9. The van der Waals surface area contributed by atoms with Crippen LogP contribution < -0.4 is 4.74 Å². The molecule has 7 nitrogen and oxygen atoms in total. The summed E-state index contributed by atoms with van der Waals surface area (Å²) in [5.74, 6) is 0.151. The first kappa shape index (κ1) is 18.6. The van der Waals surface area contributed by atoms with Crippen molar-refractivity contribution in [2.24, 2.45) is 5.92 Å². The average Bonchev–Trinajstić information content (AvgIpc) is 3.14. The number of nitrogens with one attached hydrogen (secondary N) is 1. The van der Waals surface area contributed by atoms with Crippen LogP contribution in [0.3, 0.4) is 0 Å². The van der Waals surface area contributed by atoms with Crippen LogP contribution in [0.2, 0.25) is 5.02 Å². The summed E-state index contributed by atoms with van der Waals surface area (Å²) in [4.78, 5) is 27.6. The molecule has 1 saturated carbocycles. The van der Waals surface area contributed by atoms with Gasteiger partial charge in [0.2, 0.25) is 5.88 Å². The third kappa shape index (κ3) is 3.59. The number of rotatable bonds is 5. The highest BCUT2D eigenvalue weighted by molar-refractivity contribution is 6.31. The number of nitrogens with zero attached hydrogens (tertiary/aromatic N) is 3. The number of pyridine rings is 2. The van der Waals surface area contributed by atoms with Crippen molar-refractivity contribution in [3.05, 3.63) is 59.9 Å². The van der Waals surface area contributed by atoms with Crippen LogP contribution in [0.1, 0.15) is 12.8 Å². The Labute approximate surface area is 176 Å². The van der Waals surface area contributed by atoms with E-state index in [9.17, 15) is 4.79 Å². The molecule has 2 N–H and O–H groups in total. The number of halogens is 1. The standard InChI is InChI=1S/C22H17ClN4O3/c23-15-3-5-18-19(9-15)27-21(26-18)13-1-4-17(24-11-13)12-2-6-20(25-10-12)30-16-7-14(8-16)22(28)29/h1-6,9-11,14,16H,7-8H2,(H,26,27)(H,28,29). The molecule has 5 rings (SSSR count). The molecule has 0 amide bonds. The number of imidazole rings is 1. The second-order valence-electron chi connectivity index (χ2n) is 7.31. The van der Waals surface area contributed by atoms with Crippen LogP contribution in [-0.4, -0.2) is 37.1 Å². The van der Waals surface area contributed by atoms with E-state index in [0.29, 0.717) is 23.7 Å². The molecular weight excluding hydrogens is 404 g/mol. The van der Waals surface area contributed by atoms with Crippen molar-refractivity contribution >= 4 is 28.6 Å². The van der Waals surface area contributed by atoms with E-state index >= 15 is 0 Å². The molecule has 0 radical (unpaired) electrons. The van der Waals surface area contributed by atoms with E-state index in [1.54, 1.807) is 18.5 Å². The van der Waals surface area contributed by atoms with Crippen LogP contribution in [0.4, 0.5) is 0 Å². The zero-order chi connectivity index (χ0) is 20.7. The number of fused-ring (bicyclic) bond motifs is 1. The summed E-state index contributed by atoms with van der Waals surface area (Å²) in [6, 6.07) is 13.1. The van der Waals surface area contributed by atoms with E-state index in [1.165, 1.54) is 0 Å². The lowest BCUT2D eigenvalue weighted by Gasteiger charge is -2.31. The van der Waals surface area contributed by atoms with Gasteiger partial charge in [-0.3, -0.25) is 9.78 Å². The van der Waals surface area contributed by atoms with Crippen molar-refractivity contribution < 1.29 is 14.6 Å². The molecule has 3 heterocycles. The summed E-state index contributed by atoms with van der Waals surface area (Å²) in [5, 5.41) is 9.59. The lowest BCUT2D eigenvalue weighted by atomic mass is 9.82. The van der Waals surface area contributed by atoms with Gasteiger partial charge in [0, 0.05) is 34.6 Å². The fourth-order valence-corrected chi connectivity index (χ4v) is 3.63. The third-order valence-corrected chi connectivity index (χ3v) is 5.48. The van der Waals surface area contributed by atoms with Crippen molar-refractivity contribution in [3.63, 3.8) is 0 Å². The molecule has 1 aliphatic carbocycles. The van der Waals surface area contributed by atoms with Gasteiger partial charge in [-0.25, -0.2) is 9.97 Å². The number of carbonyl (C=O) groups is 1. The highest BCUT2D eigenvalue weighted by Gasteiger charge is 2.36. The molecule has 0 atom stereocenters. The fraction of sp³-hybridized carbons (Fsp3) is 0.182. The van der Waals surface area contributed by atoms with Crippen LogP contribution in [-0.2, 0) is 4.79 Å². The Morgan fingerprint density at radius 3 is 2.57 bits per heavy atom. The second-order valence-corrected chi connectivity index (χ2v) is 7.75. The first-order chi connectivity index (χ1) is 14.5. The number of carboxylic acids is 1. The second kappa shape index (κ2) is 7.42.